The molecule has 0 bridgehead atoms. The molecular formula is C20H25N3O2S. The van der Waals surface area contributed by atoms with Crippen molar-refractivity contribution in [1.82, 2.24) is 10.3 Å². The lowest BCUT2D eigenvalue weighted by Gasteiger charge is -2.13. The summed E-state index contributed by atoms with van der Waals surface area (Å²) in [5.41, 5.74) is 1.70. The highest BCUT2D eigenvalue weighted by Crippen LogP contribution is 2.26. The number of carbonyl (C=O) groups excluding carboxylic acids is 1. The Morgan fingerprint density at radius 3 is 2.85 bits per heavy atom. The Kier molecular flexibility index (Phi) is 6.52. The van der Waals surface area contributed by atoms with Gasteiger partial charge < -0.3 is 15.0 Å². The van der Waals surface area contributed by atoms with E-state index in [-0.39, 0.29) is 5.91 Å². The Labute approximate surface area is 159 Å². The maximum atomic E-state index is 12.6. The summed E-state index contributed by atoms with van der Waals surface area (Å²) in [6, 6.07) is 11.7. The Balaban J connectivity index is 1.58. The molecule has 1 unspecified atom stereocenters. The van der Waals surface area contributed by atoms with Gasteiger partial charge in [0.05, 0.1) is 11.7 Å². The van der Waals surface area contributed by atoms with E-state index in [1.54, 1.807) is 18.0 Å². The highest BCUT2D eigenvalue weighted by atomic mass is 32.2. The van der Waals surface area contributed by atoms with Crippen molar-refractivity contribution in [2.45, 2.75) is 30.4 Å². The van der Waals surface area contributed by atoms with Crippen LogP contribution in [0.25, 0.3) is 0 Å². The normalized spacial score (nSPS) is 16.5. The second-order valence-electron chi connectivity index (χ2n) is 6.54. The van der Waals surface area contributed by atoms with E-state index in [0.29, 0.717) is 18.2 Å². The number of carbonyl (C=O) groups is 1. The number of nitrogens with zero attached hydrogens (tertiary/aromatic N) is 2. The minimum atomic E-state index is -0.0582. The monoisotopic (exact) mass is 371 g/mol. The Bertz CT molecular complexity index is 728. The summed E-state index contributed by atoms with van der Waals surface area (Å²) in [5, 5.41) is 3.00. The molecule has 0 radical (unpaired) electrons. The molecule has 2 heterocycles. The smallest absolute Gasteiger partial charge is 0.252 e. The first kappa shape index (κ1) is 18.7. The molecular weight excluding hydrogens is 346 g/mol. The summed E-state index contributed by atoms with van der Waals surface area (Å²) in [6.45, 7) is 1.32. The number of nitrogens with one attached hydrogen (secondary N) is 1. The van der Waals surface area contributed by atoms with Crippen LogP contribution in [0.1, 0.15) is 28.8 Å². The van der Waals surface area contributed by atoms with Gasteiger partial charge in [-0.25, -0.2) is 4.98 Å². The summed E-state index contributed by atoms with van der Waals surface area (Å²) in [5.74, 6) is 1.73. The summed E-state index contributed by atoms with van der Waals surface area (Å²) in [4.78, 5) is 20.0. The van der Waals surface area contributed by atoms with E-state index in [2.05, 4.69) is 10.3 Å². The van der Waals surface area contributed by atoms with Crippen LogP contribution in [0, 0.1) is 0 Å². The zero-order valence-corrected chi connectivity index (χ0v) is 16.1. The fourth-order valence-corrected chi connectivity index (χ4v) is 3.92. The number of amides is 1. The molecule has 1 amide bonds. The largest absolute Gasteiger partial charge is 0.377 e. The molecule has 1 aliphatic heterocycles. The standard InChI is InChI=1S/C20H25N3O2S/c1-23(2)19-10-9-15(12-21-19)13-22-20(24)17-7-3-4-8-18(17)26-14-16-6-5-11-25-16/h3-4,7-10,12,16H,5-6,11,13-14H2,1-2H3,(H,22,24). The fraction of sp³-hybridized carbons (Fsp3) is 0.400. The highest BCUT2D eigenvalue weighted by Gasteiger charge is 2.17. The molecule has 5 nitrogen and oxygen atoms in total. The van der Waals surface area contributed by atoms with Crippen molar-refractivity contribution in [3.8, 4) is 0 Å². The number of anilines is 1. The van der Waals surface area contributed by atoms with Crippen molar-refractivity contribution >= 4 is 23.5 Å². The van der Waals surface area contributed by atoms with E-state index in [9.17, 15) is 4.79 Å². The molecule has 1 atom stereocenters. The maximum Gasteiger partial charge on any atom is 0.252 e. The summed E-state index contributed by atoms with van der Waals surface area (Å²) in [7, 11) is 3.91. The van der Waals surface area contributed by atoms with E-state index in [1.807, 2.05) is 55.4 Å². The molecule has 138 valence electrons. The third kappa shape index (κ3) is 4.99. The number of ether oxygens (including phenoxy) is 1. The Morgan fingerprint density at radius 2 is 2.15 bits per heavy atom. The van der Waals surface area contributed by atoms with E-state index >= 15 is 0 Å². The van der Waals surface area contributed by atoms with Crippen molar-refractivity contribution in [1.29, 1.82) is 0 Å². The summed E-state index contributed by atoms with van der Waals surface area (Å²) >= 11 is 1.70. The summed E-state index contributed by atoms with van der Waals surface area (Å²) in [6.07, 6.45) is 4.34. The second kappa shape index (κ2) is 9.05. The van der Waals surface area contributed by atoms with Crippen LogP contribution in [0.4, 0.5) is 5.82 Å². The van der Waals surface area contributed by atoms with Crippen molar-refractivity contribution < 1.29 is 9.53 Å². The van der Waals surface area contributed by atoms with Crippen LogP contribution in [-0.2, 0) is 11.3 Å². The Hall–Kier alpha value is -2.05. The average molecular weight is 372 g/mol. The lowest BCUT2D eigenvalue weighted by molar-refractivity contribution is 0.0947. The van der Waals surface area contributed by atoms with Crippen molar-refractivity contribution in [3.05, 3.63) is 53.7 Å². The molecule has 1 aromatic carbocycles. The van der Waals surface area contributed by atoms with Gasteiger partial charge in [0, 0.05) is 44.1 Å². The third-order valence-electron chi connectivity index (χ3n) is 4.30. The van der Waals surface area contributed by atoms with Gasteiger partial charge in [-0.05, 0) is 36.6 Å². The lowest BCUT2D eigenvalue weighted by atomic mass is 10.2. The third-order valence-corrected chi connectivity index (χ3v) is 5.51. The van der Waals surface area contributed by atoms with Gasteiger partial charge in [0.1, 0.15) is 5.82 Å². The number of hydrogen-bond donors (Lipinski definition) is 1. The van der Waals surface area contributed by atoms with Crippen LogP contribution >= 0.6 is 11.8 Å². The zero-order valence-electron chi connectivity index (χ0n) is 15.3. The van der Waals surface area contributed by atoms with Crippen LogP contribution in [0.3, 0.4) is 0 Å². The van der Waals surface area contributed by atoms with Crippen molar-refractivity contribution in [3.63, 3.8) is 0 Å². The van der Waals surface area contributed by atoms with Gasteiger partial charge >= 0.3 is 0 Å². The molecule has 1 fully saturated rings. The lowest BCUT2D eigenvalue weighted by Crippen LogP contribution is -2.23. The number of hydrogen-bond acceptors (Lipinski definition) is 5. The second-order valence-corrected chi connectivity index (χ2v) is 7.61. The van der Waals surface area contributed by atoms with E-state index in [1.165, 1.54) is 0 Å². The number of aromatic nitrogens is 1. The SMILES string of the molecule is CN(C)c1ccc(CNC(=O)c2ccccc2SCC2CCCO2)cn1. The number of rotatable bonds is 7. The van der Waals surface area contributed by atoms with Gasteiger partial charge in [-0.3, -0.25) is 4.79 Å². The molecule has 3 rings (SSSR count). The first-order chi connectivity index (χ1) is 12.6. The number of thioether (sulfide) groups is 1. The van der Waals surface area contributed by atoms with Crippen LogP contribution in [0.2, 0.25) is 0 Å². The first-order valence-electron chi connectivity index (χ1n) is 8.87. The summed E-state index contributed by atoms with van der Waals surface area (Å²) < 4.78 is 5.67. The molecule has 0 saturated carbocycles. The predicted octanol–water partition coefficient (Wildman–Crippen LogP) is 3.35. The average Bonchev–Trinajstić information content (AvgIpc) is 3.18. The van der Waals surface area contributed by atoms with Gasteiger partial charge in [0.2, 0.25) is 0 Å². The van der Waals surface area contributed by atoms with Crippen LogP contribution in [0.15, 0.2) is 47.5 Å². The van der Waals surface area contributed by atoms with Gasteiger partial charge in [0.15, 0.2) is 0 Å². The molecule has 1 saturated heterocycles. The fourth-order valence-electron chi connectivity index (χ4n) is 2.80. The minimum absolute atomic E-state index is 0.0582. The molecule has 2 aromatic rings. The molecule has 1 aromatic heterocycles. The topological polar surface area (TPSA) is 54.5 Å². The first-order valence-corrected chi connectivity index (χ1v) is 9.86. The van der Waals surface area contributed by atoms with Gasteiger partial charge in [-0.15, -0.1) is 11.8 Å². The van der Waals surface area contributed by atoms with Gasteiger partial charge in [-0.2, -0.15) is 0 Å². The van der Waals surface area contributed by atoms with Crippen LogP contribution in [-0.4, -0.2) is 43.5 Å². The van der Waals surface area contributed by atoms with Crippen LogP contribution in [0.5, 0.6) is 0 Å². The van der Waals surface area contributed by atoms with Gasteiger partial charge in [0.25, 0.3) is 5.91 Å². The predicted molar refractivity (Wildman–Crippen MR) is 106 cm³/mol. The van der Waals surface area contributed by atoms with Gasteiger partial charge in [-0.1, -0.05) is 18.2 Å². The van der Waals surface area contributed by atoms with E-state index < -0.39 is 0 Å². The van der Waals surface area contributed by atoms with E-state index in [4.69, 9.17) is 4.74 Å². The maximum absolute atomic E-state index is 12.6. The van der Waals surface area contributed by atoms with Crippen LogP contribution < -0.4 is 10.2 Å². The van der Waals surface area contributed by atoms with E-state index in [0.717, 1.165) is 41.5 Å². The molecule has 0 spiro atoms. The molecule has 1 aliphatic rings. The zero-order chi connectivity index (χ0) is 18.4. The molecule has 0 aliphatic carbocycles. The molecule has 26 heavy (non-hydrogen) atoms. The number of pyridine rings is 1. The Morgan fingerprint density at radius 1 is 1.31 bits per heavy atom. The molecule has 1 N–H and O–H groups in total. The minimum Gasteiger partial charge on any atom is -0.377 e. The quantitative estimate of drug-likeness (QED) is 0.757. The van der Waals surface area contributed by atoms with Crippen molar-refractivity contribution in [2.24, 2.45) is 0 Å². The molecule has 6 heteroatoms. The number of benzene rings is 1. The highest BCUT2D eigenvalue weighted by molar-refractivity contribution is 7.99. The van der Waals surface area contributed by atoms with Crippen molar-refractivity contribution in [2.75, 3.05) is 31.4 Å².